The minimum Gasteiger partial charge on any atom is -0.493 e. The van der Waals surface area contributed by atoms with E-state index in [-0.39, 0.29) is 50.3 Å². The third-order valence-corrected chi connectivity index (χ3v) is 9.72. The van der Waals surface area contributed by atoms with Crippen molar-refractivity contribution in [1.29, 1.82) is 0 Å². The van der Waals surface area contributed by atoms with E-state index < -0.39 is 5.60 Å². The zero-order chi connectivity index (χ0) is 36.2. The van der Waals surface area contributed by atoms with Crippen LogP contribution in [-0.4, -0.2) is 97.4 Å². The van der Waals surface area contributed by atoms with Crippen LogP contribution in [0, 0.1) is 0 Å². The standard InChI is InChI=1S/C38H42N6O8/c1-43-16-12-29-28(23-43)34(42-41-29)36(46)44-17-13-38(14-18-44)37(47)40-22-24-4-10-30(32(20-24)48-2)51-31-11-5-25(21-33(31)49-3)35(45)39-15-19-50-26-6-8-27(52-38)9-7-26/h4-11,20-21H,12-19,22-23H2,1-3H3,(H,39,45)(H,40,47)(H,41,42). The molecule has 0 radical (unpaired) electrons. The summed E-state index contributed by atoms with van der Waals surface area (Å²) in [4.78, 5) is 44.7. The summed E-state index contributed by atoms with van der Waals surface area (Å²) in [6.45, 7) is 2.85. The molecule has 9 heterocycles. The monoisotopic (exact) mass is 710 g/mol. The topological polar surface area (TPSA) is 157 Å². The largest absolute Gasteiger partial charge is 0.493 e. The third kappa shape index (κ3) is 7.19. The van der Waals surface area contributed by atoms with E-state index in [0.717, 1.165) is 29.8 Å². The van der Waals surface area contributed by atoms with Crippen LogP contribution in [0.15, 0.2) is 60.7 Å². The van der Waals surface area contributed by atoms with Crippen LogP contribution in [-0.2, 0) is 24.3 Å². The predicted octanol–water partition coefficient (Wildman–Crippen LogP) is 3.70. The van der Waals surface area contributed by atoms with Gasteiger partial charge in [-0.05, 0) is 67.2 Å². The van der Waals surface area contributed by atoms with Gasteiger partial charge in [-0.3, -0.25) is 19.5 Å². The van der Waals surface area contributed by atoms with Crippen LogP contribution in [0.2, 0.25) is 0 Å². The van der Waals surface area contributed by atoms with Gasteiger partial charge in [-0.15, -0.1) is 0 Å². The molecule has 3 amide bonds. The second-order valence-electron chi connectivity index (χ2n) is 13.1. The summed E-state index contributed by atoms with van der Waals surface area (Å²) in [6, 6.07) is 17.3. The Balaban J connectivity index is 1.14. The summed E-state index contributed by atoms with van der Waals surface area (Å²) >= 11 is 0. The average Bonchev–Trinajstić information content (AvgIpc) is 3.59. The van der Waals surface area contributed by atoms with Crippen LogP contribution in [0.3, 0.4) is 0 Å². The van der Waals surface area contributed by atoms with Gasteiger partial charge in [0.15, 0.2) is 34.3 Å². The highest BCUT2D eigenvalue weighted by Gasteiger charge is 2.45. The maximum atomic E-state index is 14.1. The summed E-state index contributed by atoms with van der Waals surface area (Å²) in [5.74, 6) is 1.96. The van der Waals surface area contributed by atoms with Crippen molar-refractivity contribution in [2.24, 2.45) is 0 Å². The second kappa shape index (κ2) is 14.8. The molecule has 0 unspecified atom stereocenters. The maximum absolute atomic E-state index is 14.1. The van der Waals surface area contributed by atoms with Crippen molar-refractivity contribution in [1.82, 2.24) is 30.6 Å². The number of fused-ring (bicyclic) bond motifs is 1. The van der Waals surface area contributed by atoms with E-state index >= 15 is 0 Å². The summed E-state index contributed by atoms with van der Waals surface area (Å²) in [5.41, 5.74) is 2.30. The highest BCUT2D eigenvalue weighted by atomic mass is 16.5. The molecule has 4 aromatic rings. The number of aromatic nitrogens is 2. The first-order chi connectivity index (χ1) is 25.2. The van der Waals surface area contributed by atoms with Crippen molar-refractivity contribution in [3.8, 4) is 34.5 Å². The molecular weight excluding hydrogens is 668 g/mol. The number of likely N-dealkylation sites (N-methyl/N-ethyl adjacent to an activating group) is 1. The number of carbonyl (C=O) groups is 3. The van der Waals surface area contributed by atoms with Crippen LogP contribution in [0.1, 0.15) is 50.5 Å². The van der Waals surface area contributed by atoms with E-state index in [0.29, 0.717) is 65.4 Å². The molecule has 0 aliphatic carbocycles. The van der Waals surface area contributed by atoms with E-state index in [1.165, 1.54) is 14.2 Å². The summed E-state index contributed by atoms with van der Waals surface area (Å²) in [7, 11) is 5.06. The van der Waals surface area contributed by atoms with Gasteiger partial charge in [-0.25, -0.2) is 0 Å². The molecule has 1 fully saturated rings. The van der Waals surface area contributed by atoms with E-state index in [1.807, 2.05) is 13.1 Å². The number of ether oxygens (including phenoxy) is 5. The SMILES string of the molecule is COc1cc2ccc1Oc1ccc(cc1OC)C(=O)NCCOc1ccc(cc1)OC1(CCN(C(=O)c3n[nH]c4c3CN(C)CC4)CC1)C(=O)NC2. The molecular formula is C38H42N6O8. The lowest BCUT2D eigenvalue weighted by molar-refractivity contribution is -0.141. The number of carbonyl (C=O) groups excluding carboxylic acids is 3. The molecule has 52 heavy (non-hydrogen) atoms. The van der Waals surface area contributed by atoms with Crippen LogP contribution in [0.4, 0.5) is 0 Å². The predicted molar refractivity (Wildman–Crippen MR) is 189 cm³/mol. The molecule has 8 aliphatic heterocycles. The molecule has 3 aromatic carbocycles. The van der Waals surface area contributed by atoms with Gasteiger partial charge in [0.25, 0.3) is 17.7 Å². The lowest BCUT2D eigenvalue weighted by atomic mass is 9.89. The fourth-order valence-electron chi connectivity index (χ4n) is 6.73. The minimum atomic E-state index is -1.25. The zero-order valence-electron chi connectivity index (χ0n) is 29.5. The van der Waals surface area contributed by atoms with Crippen molar-refractivity contribution in [3.63, 3.8) is 0 Å². The first-order valence-electron chi connectivity index (χ1n) is 17.3. The number of piperidine rings is 1. The van der Waals surface area contributed by atoms with Gasteiger partial charge in [0.1, 0.15) is 18.1 Å². The molecule has 12 rings (SSSR count). The molecule has 14 heteroatoms. The zero-order valence-corrected chi connectivity index (χ0v) is 29.5. The lowest BCUT2D eigenvalue weighted by Gasteiger charge is -2.40. The van der Waals surface area contributed by atoms with Crippen molar-refractivity contribution >= 4 is 17.7 Å². The molecule has 1 saturated heterocycles. The highest BCUT2D eigenvalue weighted by Crippen LogP contribution is 2.38. The lowest BCUT2D eigenvalue weighted by Crippen LogP contribution is -2.58. The Labute approximate surface area is 301 Å². The number of H-pyrrole nitrogens is 1. The Morgan fingerprint density at radius 1 is 0.885 bits per heavy atom. The van der Waals surface area contributed by atoms with Gasteiger partial charge in [0, 0.05) is 68.8 Å². The number of nitrogens with one attached hydrogen (secondary N) is 3. The number of amides is 3. The van der Waals surface area contributed by atoms with Gasteiger partial charge in [0.05, 0.1) is 20.8 Å². The Kier molecular flexibility index (Phi) is 9.90. The van der Waals surface area contributed by atoms with Gasteiger partial charge < -0.3 is 44.1 Å². The molecule has 0 atom stereocenters. The molecule has 8 aliphatic rings. The summed E-state index contributed by atoms with van der Waals surface area (Å²) in [5, 5.41) is 13.4. The van der Waals surface area contributed by atoms with Crippen LogP contribution in [0.25, 0.3) is 0 Å². The van der Waals surface area contributed by atoms with Gasteiger partial charge in [-0.1, -0.05) is 6.07 Å². The van der Waals surface area contributed by atoms with Crippen molar-refractivity contribution in [2.45, 2.75) is 38.0 Å². The molecule has 3 N–H and O–H groups in total. The number of rotatable bonds is 3. The normalized spacial score (nSPS) is 17.7. The smallest absolute Gasteiger partial charge is 0.274 e. The van der Waals surface area contributed by atoms with Crippen LogP contribution >= 0.6 is 0 Å². The van der Waals surface area contributed by atoms with Gasteiger partial charge in [0.2, 0.25) is 0 Å². The average molecular weight is 711 g/mol. The summed E-state index contributed by atoms with van der Waals surface area (Å²) in [6.07, 6.45) is 1.35. The van der Waals surface area contributed by atoms with Crippen molar-refractivity contribution in [3.05, 3.63) is 88.7 Å². The van der Waals surface area contributed by atoms with E-state index in [9.17, 15) is 14.4 Å². The van der Waals surface area contributed by atoms with Crippen molar-refractivity contribution in [2.75, 3.05) is 54.1 Å². The Bertz CT molecular complexity index is 1950. The fourth-order valence-corrected chi connectivity index (χ4v) is 6.73. The Morgan fingerprint density at radius 3 is 2.35 bits per heavy atom. The van der Waals surface area contributed by atoms with Crippen molar-refractivity contribution < 1.29 is 38.1 Å². The number of nitrogens with zero attached hydrogens (tertiary/aromatic N) is 3. The molecule has 0 saturated carbocycles. The quantitative estimate of drug-likeness (QED) is 0.287. The number of aromatic amines is 1. The Hall–Kier alpha value is -5.76. The molecule has 14 nitrogen and oxygen atoms in total. The summed E-state index contributed by atoms with van der Waals surface area (Å²) < 4.78 is 29.7. The first-order valence-corrected chi connectivity index (χ1v) is 17.3. The molecule has 272 valence electrons. The number of methoxy groups -OCH3 is 2. The van der Waals surface area contributed by atoms with E-state index in [1.54, 1.807) is 59.5 Å². The maximum Gasteiger partial charge on any atom is 0.274 e. The fraction of sp³-hybridized carbons (Fsp3) is 0.368. The highest BCUT2D eigenvalue weighted by molar-refractivity contribution is 5.95. The number of likely N-dealkylation sites (tertiary alicyclic amines) is 1. The second-order valence-corrected chi connectivity index (χ2v) is 13.1. The first kappa shape index (κ1) is 34.7. The Morgan fingerprint density at radius 2 is 1.60 bits per heavy atom. The molecule has 1 spiro atoms. The number of hydrogen-bond acceptors (Lipinski definition) is 10. The van der Waals surface area contributed by atoms with Gasteiger partial charge in [-0.2, -0.15) is 5.10 Å². The van der Waals surface area contributed by atoms with Crippen LogP contribution < -0.4 is 34.3 Å². The number of hydrogen-bond donors (Lipinski definition) is 3. The van der Waals surface area contributed by atoms with E-state index in [2.05, 4.69) is 25.7 Å². The molecule has 1 aromatic heterocycles. The van der Waals surface area contributed by atoms with E-state index in [4.69, 9.17) is 23.7 Å². The third-order valence-electron chi connectivity index (χ3n) is 9.72. The van der Waals surface area contributed by atoms with Gasteiger partial charge >= 0.3 is 0 Å². The number of benzene rings is 3. The minimum absolute atomic E-state index is 0.155. The molecule has 6 bridgehead atoms. The van der Waals surface area contributed by atoms with Crippen LogP contribution in [0.5, 0.6) is 34.5 Å².